The maximum atomic E-state index is 10.9. The lowest BCUT2D eigenvalue weighted by atomic mass is 10.3. The molecule has 1 aliphatic heterocycles. The summed E-state index contributed by atoms with van der Waals surface area (Å²) in [5, 5.41) is 14.8. The van der Waals surface area contributed by atoms with Crippen LogP contribution in [0.4, 0.5) is 0 Å². The van der Waals surface area contributed by atoms with Gasteiger partial charge in [0, 0.05) is 13.0 Å². The molecule has 0 aromatic carbocycles. The van der Waals surface area contributed by atoms with Gasteiger partial charge >= 0.3 is 0 Å². The molecule has 0 bridgehead atoms. The van der Waals surface area contributed by atoms with Crippen molar-refractivity contribution in [3.63, 3.8) is 0 Å². The van der Waals surface area contributed by atoms with E-state index in [0.29, 0.717) is 6.54 Å². The minimum atomic E-state index is -0.417. The zero-order valence-electron chi connectivity index (χ0n) is 9.65. The first-order chi connectivity index (χ1) is 7.66. The Morgan fingerprint density at radius 2 is 2.25 bits per heavy atom. The molecule has 6 heteroatoms. The Labute approximate surface area is 95.5 Å². The molecule has 0 aromatic heterocycles. The van der Waals surface area contributed by atoms with Gasteiger partial charge in [-0.25, -0.2) is 0 Å². The molecule has 1 amide bonds. The number of nitrogens with zero attached hydrogens (tertiary/aromatic N) is 2. The van der Waals surface area contributed by atoms with Crippen LogP contribution in [0.5, 0.6) is 0 Å². The first-order valence-electron chi connectivity index (χ1n) is 5.51. The van der Waals surface area contributed by atoms with Gasteiger partial charge in [-0.3, -0.25) is 4.79 Å². The number of nitrogens with one attached hydrogen (secondary N) is 1. The second-order valence-electron chi connectivity index (χ2n) is 4.28. The van der Waals surface area contributed by atoms with Crippen molar-refractivity contribution in [3.05, 3.63) is 5.21 Å². The zero-order valence-corrected chi connectivity index (χ0v) is 9.65. The van der Waals surface area contributed by atoms with Crippen molar-refractivity contribution >= 4 is 12.1 Å². The Kier molecular flexibility index (Phi) is 5.21. The van der Waals surface area contributed by atoms with Gasteiger partial charge in [-0.15, -0.1) is 0 Å². The third kappa shape index (κ3) is 4.59. The second-order valence-corrected chi connectivity index (χ2v) is 4.28. The van der Waals surface area contributed by atoms with E-state index in [0.717, 1.165) is 50.0 Å². The highest BCUT2D eigenvalue weighted by Crippen LogP contribution is 2.07. The predicted octanol–water partition coefficient (Wildman–Crippen LogP) is -0.462. The molecule has 1 fully saturated rings. The highest BCUT2D eigenvalue weighted by atomic mass is 16.5. The molecule has 1 N–H and O–H groups in total. The van der Waals surface area contributed by atoms with E-state index in [1.807, 2.05) is 0 Å². The van der Waals surface area contributed by atoms with Crippen LogP contribution in [0, 0.1) is 5.21 Å². The van der Waals surface area contributed by atoms with Gasteiger partial charge in [-0.05, 0) is 0 Å². The minimum absolute atomic E-state index is 0.417. The number of ether oxygens (including phenoxy) is 1. The van der Waals surface area contributed by atoms with Gasteiger partial charge in [-0.1, -0.05) is 0 Å². The van der Waals surface area contributed by atoms with Crippen LogP contribution in [0.15, 0.2) is 5.16 Å². The van der Waals surface area contributed by atoms with Crippen molar-refractivity contribution in [1.82, 2.24) is 5.32 Å². The van der Waals surface area contributed by atoms with E-state index in [9.17, 15) is 10.0 Å². The van der Waals surface area contributed by atoms with Crippen molar-refractivity contribution < 1.29 is 14.0 Å². The molecule has 1 rings (SSSR count). The molecule has 1 saturated heterocycles. The molecule has 6 nitrogen and oxygen atoms in total. The average Bonchev–Trinajstić information content (AvgIpc) is 2.26. The second kappa shape index (κ2) is 6.44. The van der Waals surface area contributed by atoms with Crippen molar-refractivity contribution in [2.45, 2.75) is 6.42 Å². The van der Waals surface area contributed by atoms with Gasteiger partial charge in [-0.2, -0.15) is 0 Å². The smallest absolute Gasteiger partial charge is 0.261 e. The van der Waals surface area contributed by atoms with Crippen LogP contribution in [0.1, 0.15) is 6.42 Å². The number of hydrogen-bond acceptors (Lipinski definition) is 4. The predicted molar refractivity (Wildman–Crippen MR) is 61.1 cm³/mol. The number of rotatable bonds is 5. The molecule has 0 unspecified atom stereocenters. The maximum Gasteiger partial charge on any atom is 0.261 e. The summed E-state index contributed by atoms with van der Waals surface area (Å²) >= 11 is 0. The Bertz CT molecular complexity index is 250. The van der Waals surface area contributed by atoms with Crippen LogP contribution < -0.4 is 5.32 Å². The van der Waals surface area contributed by atoms with Crippen LogP contribution in [-0.4, -0.2) is 63.0 Å². The molecule has 1 heterocycles. The van der Waals surface area contributed by atoms with E-state index >= 15 is 0 Å². The molecule has 0 aliphatic carbocycles. The highest BCUT2D eigenvalue weighted by molar-refractivity contribution is 6.26. The van der Waals surface area contributed by atoms with E-state index in [1.165, 1.54) is 0 Å². The Balaban J connectivity index is 2.12. The lowest BCUT2D eigenvalue weighted by Crippen LogP contribution is -2.52. The van der Waals surface area contributed by atoms with Gasteiger partial charge in [0.1, 0.15) is 13.1 Å². The first-order valence-corrected chi connectivity index (χ1v) is 5.51. The Hall–Kier alpha value is -1.14. The Morgan fingerprint density at radius 1 is 1.56 bits per heavy atom. The summed E-state index contributed by atoms with van der Waals surface area (Å²) in [4.78, 5) is 10.9. The number of amides is 1. The molecule has 92 valence electrons. The minimum Gasteiger partial charge on any atom is -0.792 e. The summed E-state index contributed by atoms with van der Waals surface area (Å²) in [6, 6.07) is 0. The number of morpholine rings is 1. The molecular weight excluding hydrogens is 210 g/mol. The average molecular weight is 229 g/mol. The SMILES string of the molecule is C[N+]1(CCCNC(=O)/C=N/[O-])CCOCC1. The van der Waals surface area contributed by atoms with Crippen LogP contribution >= 0.6 is 0 Å². The van der Waals surface area contributed by atoms with Crippen molar-refractivity contribution in [2.24, 2.45) is 5.16 Å². The van der Waals surface area contributed by atoms with Crippen LogP contribution in [0.25, 0.3) is 0 Å². The topological polar surface area (TPSA) is 73.8 Å². The number of hydrogen-bond donors (Lipinski definition) is 1. The van der Waals surface area contributed by atoms with E-state index in [4.69, 9.17) is 4.74 Å². The number of likely N-dealkylation sites (N-methyl/N-ethyl adjacent to an activating group) is 1. The fraction of sp³-hybridized carbons (Fsp3) is 0.800. The molecule has 1 aliphatic rings. The number of carbonyl (C=O) groups is 1. The molecular formula is C10H19N3O3. The third-order valence-electron chi connectivity index (χ3n) is 2.89. The van der Waals surface area contributed by atoms with Crippen LogP contribution in [0.2, 0.25) is 0 Å². The fourth-order valence-electron chi connectivity index (χ4n) is 1.77. The Morgan fingerprint density at radius 3 is 2.88 bits per heavy atom. The summed E-state index contributed by atoms with van der Waals surface area (Å²) in [6.07, 6.45) is 1.65. The zero-order chi connectivity index (χ0) is 11.9. The molecule has 0 saturated carbocycles. The largest absolute Gasteiger partial charge is 0.792 e. The van der Waals surface area contributed by atoms with Gasteiger partial charge in [0.05, 0.1) is 33.0 Å². The maximum absolute atomic E-state index is 10.9. The van der Waals surface area contributed by atoms with Crippen molar-refractivity contribution in [1.29, 1.82) is 0 Å². The fourth-order valence-corrected chi connectivity index (χ4v) is 1.77. The summed E-state index contributed by atoms with van der Waals surface area (Å²) in [6.45, 7) is 5.26. The van der Waals surface area contributed by atoms with Crippen molar-refractivity contribution in [3.8, 4) is 0 Å². The third-order valence-corrected chi connectivity index (χ3v) is 2.89. The van der Waals surface area contributed by atoms with Crippen LogP contribution in [-0.2, 0) is 9.53 Å². The molecule has 0 radical (unpaired) electrons. The van der Waals surface area contributed by atoms with E-state index < -0.39 is 5.91 Å². The molecule has 0 atom stereocenters. The standard InChI is InChI=1S/C10H19N3O3/c1-13(5-7-16-8-6-13)4-2-3-11-10(14)9-12-15/h9H,2-8H2,1H3,(H-,11,14,15). The number of carbonyl (C=O) groups excluding carboxylic acids is 1. The van der Waals surface area contributed by atoms with Gasteiger partial charge < -0.3 is 24.9 Å². The normalized spacial score (nSPS) is 19.8. The van der Waals surface area contributed by atoms with Crippen LogP contribution in [0.3, 0.4) is 0 Å². The quantitative estimate of drug-likeness (QED) is 0.300. The molecule has 0 aromatic rings. The van der Waals surface area contributed by atoms with E-state index in [2.05, 4.69) is 17.5 Å². The summed E-state index contributed by atoms with van der Waals surface area (Å²) < 4.78 is 6.30. The lowest BCUT2D eigenvalue weighted by Gasteiger charge is -2.37. The lowest BCUT2D eigenvalue weighted by molar-refractivity contribution is -0.916. The van der Waals surface area contributed by atoms with Gasteiger partial charge in [0.25, 0.3) is 5.91 Å². The van der Waals surface area contributed by atoms with Crippen molar-refractivity contribution in [2.75, 3.05) is 46.4 Å². The number of quaternary nitrogens is 1. The molecule has 16 heavy (non-hydrogen) atoms. The monoisotopic (exact) mass is 229 g/mol. The van der Waals surface area contributed by atoms with E-state index in [-0.39, 0.29) is 0 Å². The van der Waals surface area contributed by atoms with Gasteiger partial charge in [0.2, 0.25) is 0 Å². The summed E-state index contributed by atoms with van der Waals surface area (Å²) in [7, 11) is 2.20. The first kappa shape index (κ1) is 12.9. The highest BCUT2D eigenvalue weighted by Gasteiger charge is 2.24. The summed E-state index contributed by atoms with van der Waals surface area (Å²) in [5.41, 5.74) is 0. The molecule has 0 spiro atoms. The van der Waals surface area contributed by atoms with Gasteiger partial charge in [0.15, 0.2) is 0 Å². The van der Waals surface area contributed by atoms with E-state index in [1.54, 1.807) is 0 Å². The summed E-state index contributed by atoms with van der Waals surface area (Å²) in [5.74, 6) is -0.417.